The third kappa shape index (κ3) is 2.32. The molecule has 0 bridgehead atoms. The Kier molecular flexibility index (Phi) is 4.02. The zero-order chi connectivity index (χ0) is 14.2. The summed E-state index contributed by atoms with van der Waals surface area (Å²) in [6.07, 6.45) is 1.64. The zero-order valence-electron chi connectivity index (χ0n) is 10.9. The summed E-state index contributed by atoms with van der Waals surface area (Å²) in [7, 11) is 0. The van der Waals surface area contributed by atoms with E-state index in [9.17, 15) is 9.59 Å². The Labute approximate surface area is 126 Å². The first-order valence-electron chi connectivity index (χ1n) is 6.27. The van der Waals surface area contributed by atoms with Gasteiger partial charge in [-0.2, -0.15) is 0 Å². The number of hydrogen-bond acceptors (Lipinski definition) is 2. The average molecular weight is 345 g/mol. The number of hydrogen-bond donors (Lipinski definition) is 0. The Balaban J connectivity index is 2.43. The summed E-state index contributed by atoms with van der Waals surface area (Å²) < 4.78 is 0.745. The van der Waals surface area contributed by atoms with E-state index in [0.29, 0.717) is 23.6 Å². The van der Waals surface area contributed by atoms with Crippen molar-refractivity contribution in [1.29, 1.82) is 0 Å². The van der Waals surface area contributed by atoms with Crippen LogP contribution in [0.25, 0.3) is 0 Å². The van der Waals surface area contributed by atoms with Gasteiger partial charge in [-0.25, -0.2) is 0 Å². The van der Waals surface area contributed by atoms with E-state index in [0.717, 1.165) is 4.47 Å². The molecule has 1 aliphatic rings. The van der Waals surface area contributed by atoms with Gasteiger partial charge in [-0.05, 0) is 47.0 Å². The molecule has 1 saturated heterocycles. The molecule has 3 nitrogen and oxygen atoms in total. The van der Waals surface area contributed by atoms with E-state index in [1.807, 2.05) is 13.8 Å². The predicted octanol–water partition coefficient (Wildman–Crippen LogP) is 4.17. The zero-order valence-corrected chi connectivity index (χ0v) is 13.2. The molecule has 1 aromatic carbocycles. The molecule has 1 aliphatic heterocycles. The standard InChI is InChI=1S/C14H15BrClNO2/c1-3-14(4-2)8-12(18)17(13(14)19)9-5-6-10(15)11(16)7-9/h5-7H,3-4,8H2,1-2H3. The normalized spacial score (nSPS) is 18.2. The third-order valence-electron chi connectivity index (χ3n) is 3.91. The van der Waals surface area contributed by atoms with E-state index >= 15 is 0 Å². The molecule has 5 heteroatoms. The highest BCUT2D eigenvalue weighted by molar-refractivity contribution is 9.10. The molecule has 0 N–H and O–H groups in total. The molecule has 1 fully saturated rings. The van der Waals surface area contributed by atoms with E-state index in [4.69, 9.17) is 11.6 Å². The van der Waals surface area contributed by atoms with Crippen molar-refractivity contribution in [3.63, 3.8) is 0 Å². The van der Waals surface area contributed by atoms with E-state index in [1.165, 1.54) is 4.90 Å². The summed E-state index contributed by atoms with van der Waals surface area (Å²) in [5.41, 5.74) is 0.00312. The van der Waals surface area contributed by atoms with Crippen LogP contribution >= 0.6 is 27.5 Å². The molecule has 102 valence electrons. The number of imide groups is 1. The molecule has 1 heterocycles. The number of carbonyl (C=O) groups excluding carboxylic acids is 2. The van der Waals surface area contributed by atoms with Gasteiger partial charge in [-0.3, -0.25) is 14.5 Å². The maximum atomic E-state index is 12.5. The van der Waals surface area contributed by atoms with Gasteiger partial charge >= 0.3 is 0 Å². The minimum Gasteiger partial charge on any atom is -0.274 e. The van der Waals surface area contributed by atoms with Crippen molar-refractivity contribution in [2.75, 3.05) is 4.90 Å². The highest BCUT2D eigenvalue weighted by Gasteiger charge is 2.49. The van der Waals surface area contributed by atoms with Crippen LogP contribution in [-0.2, 0) is 9.59 Å². The second kappa shape index (κ2) is 5.25. The number of amides is 2. The van der Waals surface area contributed by atoms with E-state index < -0.39 is 5.41 Å². The van der Waals surface area contributed by atoms with Gasteiger partial charge in [-0.1, -0.05) is 25.4 Å². The van der Waals surface area contributed by atoms with E-state index in [2.05, 4.69) is 15.9 Å². The Bertz CT molecular complexity index is 540. The van der Waals surface area contributed by atoms with Crippen LogP contribution in [0.1, 0.15) is 33.1 Å². The molecule has 2 amide bonds. The Morgan fingerprint density at radius 1 is 1.32 bits per heavy atom. The molecule has 1 aromatic rings. The van der Waals surface area contributed by atoms with Gasteiger partial charge in [0.15, 0.2) is 0 Å². The van der Waals surface area contributed by atoms with Crippen LogP contribution in [0.4, 0.5) is 5.69 Å². The number of nitrogens with zero attached hydrogens (tertiary/aromatic N) is 1. The molecule has 19 heavy (non-hydrogen) atoms. The molecule has 2 rings (SSSR count). The minimum atomic E-state index is -0.545. The summed E-state index contributed by atoms with van der Waals surface area (Å²) >= 11 is 9.33. The molecule has 0 radical (unpaired) electrons. The lowest BCUT2D eigenvalue weighted by Crippen LogP contribution is -2.35. The molecule has 0 aromatic heterocycles. The van der Waals surface area contributed by atoms with Crippen LogP contribution < -0.4 is 4.90 Å². The SMILES string of the molecule is CCC1(CC)CC(=O)N(c2ccc(Br)c(Cl)c2)C1=O. The maximum absolute atomic E-state index is 12.5. The Morgan fingerprint density at radius 3 is 2.42 bits per heavy atom. The van der Waals surface area contributed by atoms with E-state index in [1.54, 1.807) is 18.2 Å². The fourth-order valence-corrected chi connectivity index (χ4v) is 2.90. The van der Waals surface area contributed by atoms with Crippen LogP contribution in [-0.4, -0.2) is 11.8 Å². The topological polar surface area (TPSA) is 37.4 Å². The Morgan fingerprint density at radius 2 is 1.95 bits per heavy atom. The molecule has 0 aliphatic carbocycles. The van der Waals surface area contributed by atoms with Gasteiger partial charge in [0, 0.05) is 10.9 Å². The van der Waals surface area contributed by atoms with Crippen molar-refractivity contribution in [1.82, 2.24) is 0 Å². The Hall–Kier alpha value is -0.870. The number of carbonyl (C=O) groups is 2. The van der Waals surface area contributed by atoms with Crippen LogP contribution in [0.2, 0.25) is 5.02 Å². The number of halogens is 2. The molecular formula is C14H15BrClNO2. The summed E-state index contributed by atoms with van der Waals surface area (Å²) in [6.45, 7) is 3.90. The van der Waals surface area contributed by atoms with Crippen molar-refractivity contribution >= 4 is 45.0 Å². The fourth-order valence-electron chi connectivity index (χ4n) is 2.48. The van der Waals surface area contributed by atoms with Crippen molar-refractivity contribution in [3.05, 3.63) is 27.7 Å². The largest absolute Gasteiger partial charge is 0.274 e. The lowest BCUT2D eigenvalue weighted by Gasteiger charge is -2.23. The molecule has 0 saturated carbocycles. The smallest absolute Gasteiger partial charge is 0.240 e. The summed E-state index contributed by atoms with van der Waals surface area (Å²) in [6, 6.07) is 5.12. The third-order valence-corrected chi connectivity index (χ3v) is 5.14. The molecule has 0 atom stereocenters. The monoisotopic (exact) mass is 343 g/mol. The number of benzene rings is 1. The predicted molar refractivity (Wildman–Crippen MR) is 79.3 cm³/mol. The van der Waals surface area contributed by atoms with Crippen LogP contribution in [0, 0.1) is 5.41 Å². The molecule has 0 spiro atoms. The fraction of sp³-hybridized carbons (Fsp3) is 0.429. The van der Waals surface area contributed by atoms with Crippen LogP contribution in [0.3, 0.4) is 0 Å². The van der Waals surface area contributed by atoms with E-state index in [-0.39, 0.29) is 18.2 Å². The first-order chi connectivity index (χ1) is 8.95. The lowest BCUT2D eigenvalue weighted by atomic mass is 9.81. The highest BCUT2D eigenvalue weighted by atomic mass is 79.9. The highest BCUT2D eigenvalue weighted by Crippen LogP contribution is 2.42. The van der Waals surface area contributed by atoms with Gasteiger partial charge in [0.1, 0.15) is 0 Å². The minimum absolute atomic E-state index is 0.110. The average Bonchev–Trinajstić information content (AvgIpc) is 2.65. The van der Waals surface area contributed by atoms with Crippen molar-refractivity contribution in [2.45, 2.75) is 33.1 Å². The second-order valence-corrected chi connectivity index (χ2v) is 6.06. The second-order valence-electron chi connectivity index (χ2n) is 4.80. The summed E-state index contributed by atoms with van der Waals surface area (Å²) in [5, 5.41) is 0.489. The van der Waals surface area contributed by atoms with Crippen molar-refractivity contribution < 1.29 is 9.59 Å². The van der Waals surface area contributed by atoms with Gasteiger partial charge < -0.3 is 0 Å². The maximum Gasteiger partial charge on any atom is 0.240 e. The molecule has 0 unspecified atom stereocenters. The van der Waals surface area contributed by atoms with Crippen LogP contribution in [0.15, 0.2) is 22.7 Å². The van der Waals surface area contributed by atoms with Crippen LogP contribution in [0.5, 0.6) is 0 Å². The van der Waals surface area contributed by atoms with Crippen molar-refractivity contribution in [3.8, 4) is 0 Å². The van der Waals surface area contributed by atoms with Gasteiger partial charge in [-0.15, -0.1) is 0 Å². The van der Waals surface area contributed by atoms with Gasteiger partial charge in [0.05, 0.1) is 16.1 Å². The molecular weight excluding hydrogens is 330 g/mol. The summed E-state index contributed by atoms with van der Waals surface area (Å²) in [5.74, 6) is -0.257. The van der Waals surface area contributed by atoms with Crippen molar-refractivity contribution in [2.24, 2.45) is 5.41 Å². The first-order valence-corrected chi connectivity index (χ1v) is 7.44. The quantitative estimate of drug-likeness (QED) is 0.772. The number of anilines is 1. The van der Waals surface area contributed by atoms with Gasteiger partial charge in [0.25, 0.3) is 0 Å². The lowest BCUT2D eigenvalue weighted by molar-refractivity contribution is -0.126. The van der Waals surface area contributed by atoms with Gasteiger partial charge in [0.2, 0.25) is 11.8 Å². The number of rotatable bonds is 3. The summed E-state index contributed by atoms with van der Waals surface area (Å²) in [4.78, 5) is 26.0. The first kappa shape index (κ1) is 14.5.